The number of carbonyl (C=O) groups is 2. The van der Waals surface area contributed by atoms with E-state index in [-0.39, 0.29) is 11.7 Å². The summed E-state index contributed by atoms with van der Waals surface area (Å²) in [7, 11) is 0. The van der Waals surface area contributed by atoms with E-state index in [9.17, 15) is 9.59 Å². The minimum atomic E-state index is -0.176. The third kappa shape index (κ3) is 3.68. The average molecular weight is 221 g/mol. The molecule has 0 aromatic carbocycles. The Morgan fingerprint density at radius 1 is 1.56 bits per heavy atom. The van der Waals surface area contributed by atoms with Crippen LogP contribution in [0.15, 0.2) is 24.5 Å². The molecule has 0 spiro atoms. The molecule has 5 heteroatoms. The van der Waals surface area contributed by atoms with Gasteiger partial charge in [0.25, 0.3) is 0 Å². The number of H-pyrrole nitrogens is 1. The molecule has 2 N–H and O–H groups in total. The van der Waals surface area contributed by atoms with Gasteiger partial charge in [0.2, 0.25) is 5.91 Å². The van der Waals surface area contributed by atoms with Crippen LogP contribution in [0.3, 0.4) is 0 Å². The van der Waals surface area contributed by atoms with Crippen molar-refractivity contribution in [1.29, 1.82) is 0 Å². The second-order valence-corrected chi connectivity index (χ2v) is 3.50. The molecular formula is C11H15N3O2. The molecule has 0 aliphatic rings. The molecule has 0 fully saturated rings. The molecule has 1 aromatic heterocycles. The van der Waals surface area contributed by atoms with Gasteiger partial charge in [0, 0.05) is 30.9 Å². The first-order valence-electron chi connectivity index (χ1n) is 5.07. The van der Waals surface area contributed by atoms with Crippen LogP contribution in [-0.4, -0.2) is 28.2 Å². The smallest absolute Gasteiger partial charge is 0.246 e. The first-order valence-corrected chi connectivity index (χ1v) is 5.07. The Kier molecular flexibility index (Phi) is 4.44. The Bertz CT molecular complexity index is 382. The number of imidazole rings is 1. The van der Waals surface area contributed by atoms with Crippen molar-refractivity contribution in [2.45, 2.75) is 19.8 Å². The highest BCUT2D eigenvalue weighted by molar-refractivity contribution is 5.93. The molecule has 86 valence electrons. The molecule has 0 bridgehead atoms. The van der Waals surface area contributed by atoms with Crippen molar-refractivity contribution in [2.24, 2.45) is 0 Å². The maximum Gasteiger partial charge on any atom is 0.246 e. The number of aromatic nitrogens is 2. The van der Waals surface area contributed by atoms with E-state index in [2.05, 4.69) is 21.9 Å². The van der Waals surface area contributed by atoms with Gasteiger partial charge < -0.3 is 10.3 Å². The molecule has 1 amide bonds. The van der Waals surface area contributed by atoms with Crippen molar-refractivity contribution in [3.8, 4) is 0 Å². The topological polar surface area (TPSA) is 74.8 Å². The summed E-state index contributed by atoms with van der Waals surface area (Å²) in [6.45, 7) is 5.63. The van der Waals surface area contributed by atoms with Gasteiger partial charge in [0.15, 0.2) is 11.6 Å². The van der Waals surface area contributed by atoms with Crippen LogP contribution in [0.2, 0.25) is 0 Å². The number of aromatic amines is 1. The quantitative estimate of drug-likeness (QED) is 0.428. The van der Waals surface area contributed by atoms with Crippen LogP contribution < -0.4 is 5.32 Å². The lowest BCUT2D eigenvalue weighted by atomic mass is 10.2. The van der Waals surface area contributed by atoms with Gasteiger partial charge in [-0.2, -0.15) is 0 Å². The minimum absolute atomic E-state index is 0.0467. The molecule has 0 aliphatic heterocycles. The predicted molar refractivity (Wildman–Crippen MR) is 60.0 cm³/mol. The molecule has 0 aliphatic carbocycles. The predicted octanol–water partition coefficient (Wildman–Crippen LogP) is 1.06. The average Bonchev–Trinajstić information content (AvgIpc) is 2.76. The Labute approximate surface area is 94.0 Å². The number of amides is 1. The van der Waals surface area contributed by atoms with Crippen molar-refractivity contribution in [3.63, 3.8) is 0 Å². The maximum atomic E-state index is 11.5. The number of rotatable bonds is 6. The monoisotopic (exact) mass is 221 g/mol. The highest BCUT2D eigenvalue weighted by Crippen LogP contribution is 1.98. The van der Waals surface area contributed by atoms with Gasteiger partial charge in [0.05, 0.1) is 0 Å². The number of hydrogen-bond acceptors (Lipinski definition) is 3. The van der Waals surface area contributed by atoms with E-state index in [4.69, 9.17) is 0 Å². The molecule has 0 atom stereocenters. The third-order valence-corrected chi connectivity index (χ3v) is 2.02. The zero-order valence-electron chi connectivity index (χ0n) is 9.25. The summed E-state index contributed by atoms with van der Waals surface area (Å²) < 4.78 is 0. The van der Waals surface area contributed by atoms with E-state index in [1.165, 1.54) is 6.20 Å². The second kappa shape index (κ2) is 5.85. The molecule has 0 radical (unpaired) electrons. The van der Waals surface area contributed by atoms with Gasteiger partial charge in [-0.05, 0) is 13.3 Å². The van der Waals surface area contributed by atoms with Gasteiger partial charge in [0.1, 0.15) is 0 Å². The summed E-state index contributed by atoms with van der Waals surface area (Å²) in [6, 6.07) is 0. The van der Waals surface area contributed by atoms with Crippen LogP contribution >= 0.6 is 0 Å². The normalized spacial score (nSPS) is 9.81. The Balaban J connectivity index is 2.19. The lowest BCUT2D eigenvalue weighted by Crippen LogP contribution is -2.25. The minimum Gasteiger partial charge on any atom is -0.352 e. The van der Waals surface area contributed by atoms with Gasteiger partial charge in [-0.1, -0.05) is 6.58 Å². The van der Waals surface area contributed by atoms with Crippen molar-refractivity contribution in [1.82, 2.24) is 15.3 Å². The molecule has 1 heterocycles. The van der Waals surface area contributed by atoms with E-state index in [1.807, 2.05) is 0 Å². The number of Topliss-reactive ketones (excluding diaryl/α,β-unsaturated/α-hetero) is 1. The standard InChI is InChI=1S/C11H15N3O2/c1-8(2)11(16)14-5-3-4-9(15)10-12-6-7-13-10/h6-7H,1,3-5H2,2H3,(H,12,13)(H,14,16). The largest absolute Gasteiger partial charge is 0.352 e. The number of nitrogens with zero attached hydrogens (tertiary/aromatic N) is 1. The lowest BCUT2D eigenvalue weighted by molar-refractivity contribution is -0.117. The van der Waals surface area contributed by atoms with E-state index in [0.29, 0.717) is 30.8 Å². The fraction of sp³-hybridized carbons (Fsp3) is 0.364. The zero-order valence-corrected chi connectivity index (χ0v) is 9.25. The van der Waals surface area contributed by atoms with Gasteiger partial charge >= 0.3 is 0 Å². The van der Waals surface area contributed by atoms with Crippen molar-refractivity contribution >= 4 is 11.7 Å². The van der Waals surface area contributed by atoms with Crippen LogP contribution in [0.4, 0.5) is 0 Å². The molecule has 5 nitrogen and oxygen atoms in total. The van der Waals surface area contributed by atoms with Crippen LogP contribution in [0.1, 0.15) is 30.4 Å². The molecule has 1 aromatic rings. The first kappa shape index (κ1) is 12.2. The molecule has 16 heavy (non-hydrogen) atoms. The molecule has 0 saturated carbocycles. The van der Waals surface area contributed by atoms with Gasteiger partial charge in [-0.15, -0.1) is 0 Å². The Morgan fingerprint density at radius 3 is 2.88 bits per heavy atom. The summed E-state index contributed by atoms with van der Waals surface area (Å²) in [6.07, 6.45) is 4.11. The van der Waals surface area contributed by atoms with Crippen LogP contribution in [0.25, 0.3) is 0 Å². The Hall–Kier alpha value is -1.91. The summed E-state index contributed by atoms with van der Waals surface area (Å²) in [4.78, 5) is 29.2. The molecule has 0 saturated heterocycles. The Morgan fingerprint density at radius 2 is 2.31 bits per heavy atom. The van der Waals surface area contributed by atoms with Crippen molar-refractivity contribution in [2.75, 3.05) is 6.54 Å². The summed E-state index contributed by atoms with van der Waals surface area (Å²) in [5, 5.41) is 2.66. The number of carbonyl (C=O) groups excluding carboxylic acids is 2. The van der Waals surface area contributed by atoms with Gasteiger partial charge in [-0.3, -0.25) is 9.59 Å². The van der Waals surface area contributed by atoms with E-state index < -0.39 is 0 Å². The van der Waals surface area contributed by atoms with Crippen LogP contribution in [0.5, 0.6) is 0 Å². The number of nitrogens with one attached hydrogen (secondary N) is 2. The molecule has 1 rings (SSSR count). The summed E-state index contributed by atoms with van der Waals surface area (Å²) >= 11 is 0. The van der Waals surface area contributed by atoms with Crippen molar-refractivity contribution in [3.05, 3.63) is 30.4 Å². The number of hydrogen-bond donors (Lipinski definition) is 2. The van der Waals surface area contributed by atoms with Gasteiger partial charge in [-0.25, -0.2) is 4.98 Å². The lowest BCUT2D eigenvalue weighted by Gasteiger charge is -2.03. The third-order valence-electron chi connectivity index (χ3n) is 2.02. The highest BCUT2D eigenvalue weighted by atomic mass is 16.1. The molecular weight excluding hydrogens is 206 g/mol. The van der Waals surface area contributed by atoms with E-state index in [0.717, 1.165) is 0 Å². The maximum absolute atomic E-state index is 11.5. The van der Waals surface area contributed by atoms with Crippen LogP contribution in [-0.2, 0) is 4.79 Å². The van der Waals surface area contributed by atoms with Crippen molar-refractivity contribution < 1.29 is 9.59 Å². The summed E-state index contributed by atoms with van der Waals surface area (Å²) in [5.41, 5.74) is 0.470. The van der Waals surface area contributed by atoms with E-state index in [1.54, 1.807) is 13.1 Å². The summed E-state index contributed by atoms with van der Waals surface area (Å²) in [5.74, 6) is 0.145. The SMILES string of the molecule is C=C(C)C(=O)NCCCC(=O)c1ncc[nH]1. The van der Waals surface area contributed by atoms with Crippen LogP contribution in [0, 0.1) is 0 Å². The molecule has 0 unspecified atom stereocenters. The highest BCUT2D eigenvalue weighted by Gasteiger charge is 2.07. The first-order chi connectivity index (χ1) is 7.61. The van der Waals surface area contributed by atoms with E-state index >= 15 is 0 Å². The zero-order chi connectivity index (χ0) is 12.0. The fourth-order valence-corrected chi connectivity index (χ4v) is 1.14. The second-order valence-electron chi connectivity index (χ2n) is 3.50. The fourth-order valence-electron chi connectivity index (χ4n) is 1.14. The number of ketones is 1.